The Bertz CT molecular complexity index is 813. The van der Waals surface area contributed by atoms with Crippen LogP contribution in [0.15, 0.2) is 42.5 Å². The van der Waals surface area contributed by atoms with Crippen molar-refractivity contribution in [1.29, 1.82) is 0 Å². The summed E-state index contributed by atoms with van der Waals surface area (Å²) >= 11 is 0. The third-order valence-electron chi connectivity index (χ3n) is 4.96. The van der Waals surface area contributed by atoms with E-state index >= 15 is 0 Å². The van der Waals surface area contributed by atoms with E-state index in [4.69, 9.17) is 0 Å². The molecule has 0 bridgehead atoms. The van der Waals surface area contributed by atoms with Crippen molar-refractivity contribution in [1.82, 2.24) is 5.32 Å². The molecule has 3 rings (SSSR count). The fourth-order valence-corrected chi connectivity index (χ4v) is 3.19. The van der Waals surface area contributed by atoms with Gasteiger partial charge in [-0.25, -0.2) is 0 Å². The zero-order valence-electron chi connectivity index (χ0n) is 15.0. The molecule has 0 radical (unpaired) electrons. The Kier molecular flexibility index (Phi) is 4.88. The number of amides is 2. The summed E-state index contributed by atoms with van der Waals surface area (Å²) in [7, 11) is 0. The van der Waals surface area contributed by atoms with Gasteiger partial charge in [0.1, 0.15) is 6.04 Å². The lowest BCUT2D eigenvalue weighted by Crippen LogP contribution is -2.42. The van der Waals surface area contributed by atoms with Crippen LogP contribution in [-0.2, 0) is 16.0 Å². The summed E-state index contributed by atoms with van der Waals surface area (Å²) in [6.45, 7) is 6.72. The largest absolute Gasteiger partial charge is 0.344 e. The number of nitrogens with zero attached hydrogens (tertiary/aromatic N) is 1. The topological polar surface area (TPSA) is 49.4 Å². The summed E-state index contributed by atoms with van der Waals surface area (Å²) in [5.41, 5.74) is 5.36. The lowest BCUT2D eigenvalue weighted by atomic mass is 10.1. The van der Waals surface area contributed by atoms with Gasteiger partial charge < -0.3 is 10.2 Å². The van der Waals surface area contributed by atoms with Crippen LogP contribution < -0.4 is 10.2 Å². The van der Waals surface area contributed by atoms with E-state index in [2.05, 4.69) is 12.2 Å². The van der Waals surface area contributed by atoms with Crippen LogP contribution >= 0.6 is 0 Å². The molecule has 130 valence electrons. The first-order chi connectivity index (χ1) is 12.0. The molecule has 2 aromatic carbocycles. The Hall–Kier alpha value is -2.62. The van der Waals surface area contributed by atoms with E-state index < -0.39 is 6.04 Å². The highest BCUT2D eigenvalue weighted by Crippen LogP contribution is 2.24. The van der Waals surface area contributed by atoms with Crippen LogP contribution in [0, 0.1) is 20.8 Å². The smallest absolute Gasteiger partial charge is 0.249 e. The Morgan fingerprint density at radius 1 is 1.08 bits per heavy atom. The molecule has 25 heavy (non-hydrogen) atoms. The summed E-state index contributed by atoms with van der Waals surface area (Å²) in [5.74, 6) is -0.129. The number of nitrogens with one attached hydrogen (secondary N) is 1. The van der Waals surface area contributed by atoms with Gasteiger partial charge in [-0.15, -0.1) is 0 Å². The molecule has 1 unspecified atom stereocenters. The molecule has 2 amide bonds. The maximum atomic E-state index is 12.7. The van der Waals surface area contributed by atoms with E-state index in [9.17, 15) is 9.59 Å². The number of hydrogen-bond donors (Lipinski definition) is 1. The van der Waals surface area contributed by atoms with Crippen molar-refractivity contribution >= 4 is 17.5 Å². The highest BCUT2D eigenvalue weighted by Gasteiger charge is 2.33. The first kappa shape index (κ1) is 17.2. The molecule has 1 saturated heterocycles. The van der Waals surface area contributed by atoms with Crippen LogP contribution in [0.1, 0.15) is 28.7 Å². The van der Waals surface area contributed by atoms with Gasteiger partial charge >= 0.3 is 0 Å². The fourth-order valence-electron chi connectivity index (χ4n) is 3.19. The second kappa shape index (κ2) is 7.09. The van der Waals surface area contributed by atoms with Gasteiger partial charge in [0.2, 0.25) is 11.8 Å². The van der Waals surface area contributed by atoms with Crippen LogP contribution in [0.25, 0.3) is 0 Å². The van der Waals surface area contributed by atoms with Crippen molar-refractivity contribution in [2.75, 3.05) is 11.4 Å². The van der Waals surface area contributed by atoms with Gasteiger partial charge in [0, 0.05) is 12.2 Å². The van der Waals surface area contributed by atoms with E-state index in [1.54, 1.807) is 4.90 Å². The predicted molar refractivity (Wildman–Crippen MR) is 99.7 cm³/mol. The Balaban J connectivity index is 1.65. The SMILES string of the molecule is Cc1ccc(N2CCC(NC(=O)Cc3ccccc3C)C2=O)cc1C. The zero-order chi connectivity index (χ0) is 18.0. The minimum absolute atomic E-state index is 0.0265. The van der Waals surface area contributed by atoms with Crippen LogP contribution in [-0.4, -0.2) is 24.4 Å². The molecule has 1 atom stereocenters. The highest BCUT2D eigenvalue weighted by molar-refractivity contribution is 6.01. The first-order valence-electron chi connectivity index (χ1n) is 8.68. The Labute approximate surface area is 148 Å². The van der Waals surface area contributed by atoms with Crippen molar-refractivity contribution in [3.63, 3.8) is 0 Å². The Morgan fingerprint density at radius 2 is 1.84 bits per heavy atom. The molecule has 0 aromatic heterocycles. The van der Waals surface area contributed by atoms with Crippen molar-refractivity contribution in [2.24, 2.45) is 0 Å². The average Bonchev–Trinajstić information content (AvgIpc) is 2.93. The summed E-state index contributed by atoms with van der Waals surface area (Å²) in [6, 6.07) is 13.4. The van der Waals surface area contributed by atoms with Gasteiger partial charge in [-0.3, -0.25) is 9.59 Å². The predicted octanol–water partition coefficient (Wildman–Crippen LogP) is 3.08. The fraction of sp³-hybridized carbons (Fsp3) is 0.333. The molecule has 2 aromatic rings. The first-order valence-corrected chi connectivity index (χ1v) is 8.68. The lowest BCUT2D eigenvalue weighted by molar-refractivity contribution is -0.126. The third kappa shape index (κ3) is 3.73. The normalized spacial score (nSPS) is 17.0. The van der Waals surface area contributed by atoms with Gasteiger partial charge in [-0.05, 0) is 61.6 Å². The molecular formula is C21H24N2O2. The van der Waals surface area contributed by atoms with Gasteiger partial charge in [0.25, 0.3) is 0 Å². The van der Waals surface area contributed by atoms with Gasteiger partial charge in [0.05, 0.1) is 6.42 Å². The monoisotopic (exact) mass is 336 g/mol. The maximum absolute atomic E-state index is 12.7. The molecule has 1 N–H and O–H groups in total. The Morgan fingerprint density at radius 3 is 2.56 bits per heavy atom. The minimum Gasteiger partial charge on any atom is -0.344 e. The third-order valence-corrected chi connectivity index (χ3v) is 4.96. The van der Waals surface area contributed by atoms with E-state index in [0.29, 0.717) is 19.4 Å². The minimum atomic E-state index is -0.432. The van der Waals surface area contributed by atoms with E-state index in [1.807, 2.05) is 56.3 Å². The maximum Gasteiger partial charge on any atom is 0.249 e. The molecule has 1 fully saturated rings. The second-order valence-corrected chi connectivity index (χ2v) is 6.77. The number of benzene rings is 2. The van der Waals surface area contributed by atoms with Gasteiger partial charge in [0.15, 0.2) is 0 Å². The molecule has 4 nitrogen and oxygen atoms in total. The average molecular weight is 336 g/mol. The summed E-state index contributed by atoms with van der Waals surface area (Å²) in [6.07, 6.45) is 0.950. The number of anilines is 1. The van der Waals surface area contributed by atoms with Crippen molar-refractivity contribution in [2.45, 2.75) is 39.7 Å². The van der Waals surface area contributed by atoms with Gasteiger partial charge in [-0.2, -0.15) is 0 Å². The summed E-state index contributed by atoms with van der Waals surface area (Å²) in [5, 5.41) is 2.90. The molecule has 0 aliphatic carbocycles. The lowest BCUT2D eigenvalue weighted by Gasteiger charge is -2.18. The summed E-state index contributed by atoms with van der Waals surface area (Å²) in [4.78, 5) is 26.8. The molecule has 1 aliphatic rings. The van der Waals surface area contributed by atoms with Crippen LogP contribution in [0.2, 0.25) is 0 Å². The van der Waals surface area contributed by atoms with Crippen LogP contribution in [0.4, 0.5) is 5.69 Å². The standard InChI is InChI=1S/C21H24N2O2/c1-14-8-9-18(12-16(14)3)23-11-10-19(21(23)25)22-20(24)13-17-7-5-4-6-15(17)2/h4-9,12,19H,10-11,13H2,1-3H3,(H,22,24). The number of carbonyl (C=O) groups excluding carboxylic acids is 2. The van der Waals surface area contributed by atoms with Gasteiger partial charge in [-0.1, -0.05) is 30.3 Å². The zero-order valence-corrected chi connectivity index (χ0v) is 15.0. The molecule has 1 aliphatic heterocycles. The van der Waals surface area contributed by atoms with E-state index in [1.165, 1.54) is 5.56 Å². The van der Waals surface area contributed by atoms with E-state index in [-0.39, 0.29) is 11.8 Å². The number of carbonyl (C=O) groups is 2. The van der Waals surface area contributed by atoms with Crippen molar-refractivity contribution in [3.05, 3.63) is 64.7 Å². The van der Waals surface area contributed by atoms with Crippen molar-refractivity contribution < 1.29 is 9.59 Å². The van der Waals surface area contributed by atoms with E-state index in [0.717, 1.165) is 22.4 Å². The molecule has 0 spiro atoms. The number of hydrogen-bond acceptors (Lipinski definition) is 2. The highest BCUT2D eigenvalue weighted by atomic mass is 16.2. The van der Waals surface area contributed by atoms with Crippen LogP contribution in [0.3, 0.4) is 0 Å². The van der Waals surface area contributed by atoms with Crippen LogP contribution in [0.5, 0.6) is 0 Å². The number of aryl methyl sites for hydroxylation is 3. The summed E-state index contributed by atoms with van der Waals surface area (Å²) < 4.78 is 0. The quantitative estimate of drug-likeness (QED) is 0.933. The number of rotatable bonds is 4. The molecule has 1 heterocycles. The second-order valence-electron chi connectivity index (χ2n) is 6.77. The molecule has 4 heteroatoms. The van der Waals surface area contributed by atoms with Crippen molar-refractivity contribution in [3.8, 4) is 0 Å². The molecular weight excluding hydrogens is 312 g/mol. The molecule has 0 saturated carbocycles.